The first-order chi connectivity index (χ1) is 7.18. The van der Waals surface area contributed by atoms with Crippen LogP contribution in [-0.4, -0.2) is 16.5 Å². The van der Waals surface area contributed by atoms with E-state index in [4.69, 9.17) is 0 Å². The number of rotatable bonds is 4. The maximum Gasteiger partial charge on any atom is 0.167 e. The van der Waals surface area contributed by atoms with E-state index in [2.05, 4.69) is 0 Å². The van der Waals surface area contributed by atoms with E-state index in [1.807, 2.05) is 6.92 Å². The largest absolute Gasteiger partial charge is 0.382 e. The van der Waals surface area contributed by atoms with Crippen molar-refractivity contribution in [3.05, 3.63) is 0 Å². The van der Waals surface area contributed by atoms with Gasteiger partial charge in [0.2, 0.25) is 0 Å². The fraction of sp³-hybridized carbons (Fsp3) is 0.923. The Balaban J connectivity index is 2.07. The molecule has 1 unspecified atom stereocenters. The number of hydrogen-bond acceptors (Lipinski definition) is 2. The molecular formula is C13H22O2. The summed E-state index contributed by atoms with van der Waals surface area (Å²) >= 11 is 0. The summed E-state index contributed by atoms with van der Waals surface area (Å²) < 4.78 is 0. The number of Topliss-reactive ketones (excluding diaryl/α,β-unsaturated/α-hetero) is 1. The van der Waals surface area contributed by atoms with Crippen LogP contribution in [0.2, 0.25) is 0 Å². The van der Waals surface area contributed by atoms with Gasteiger partial charge < -0.3 is 5.11 Å². The Morgan fingerprint density at radius 1 is 1.20 bits per heavy atom. The lowest BCUT2D eigenvalue weighted by atomic mass is 9.72. The summed E-state index contributed by atoms with van der Waals surface area (Å²) in [6.45, 7) is 1.95. The quantitative estimate of drug-likeness (QED) is 0.774. The van der Waals surface area contributed by atoms with E-state index in [-0.39, 0.29) is 17.6 Å². The SMILES string of the molecule is CCC(O)(C(=O)C1CC1)C1CCCCC1. The van der Waals surface area contributed by atoms with Gasteiger partial charge >= 0.3 is 0 Å². The van der Waals surface area contributed by atoms with Gasteiger partial charge in [-0.15, -0.1) is 0 Å². The van der Waals surface area contributed by atoms with Gasteiger partial charge in [-0.2, -0.15) is 0 Å². The monoisotopic (exact) mass is 210 g/mol. The number of ketones is 1. The van der Waals surface area contributed by atoms with E-state index in [0.717, 1.165) is 25.7 Å². The summed E-state index contributed by atoms with van der Waals surface area (Å²) in [6, 6.07) is 0. The van der Waals surface area contributed by atoms with Crippen molar-refractivity contribution in [2.45, 2.75) is 63.9 Å². The molecular weight excluding hydrogens is 188 g/mol. The van der Waals surface area contributed by atoms with Crippen molar-refractivity contribution in [3.63, 3.8) is 0 Å². The van der Waals surface area contributed by atoms with Crippen LogP contribution >= 0.6 is 0 Å². The van der Waals surface area contributed by atoms with E-state index in [1.165, 1.54) is 19.3 Å². The Morgan fingerprint density at radius 2 is 1.80 bits per heavy atom. The molecule has 1 N–H and O–H groups in total. The molecule has 15 heavy (non-hydrogen) atoms. The van der Waals surface area contributed by atoms with Gasteiger partial charge in [0.1, 0.15) is 5.60 Å². The van der Waals surface area contributed by atoms with E-state index >= 15 is 0 Å². The summed E-state index contributed by atoms with van der Waals surface area (Å²) in [5.74, 6) is 0.582. The van der Waals surface area contributed by atoms with Crippen molar-refractivity contribution < 1.29 is 9.90 Å². The first kappa shape index (κ1) is 11.1. The van der Waals surface area contributed by atoms with E-state index in [0.29, 0.717) is 6.42 Å². The maximum absolute atomic E-state index is 12.1. The van der Waals surface area contributed by atoms with Gasteiger partial charge in [0.15, 0.2) is 5.78 Å². The smallest absolute Gasteiger partial charge is 0.167 e. The summed E-state index contributed by atoms with van der Waals surface area (Å²) in [6.07, 6.45) is 8.35. The first-order valence-electron chi connectivity index (χ1n) is 6.45. The van der Waals surface area contributed by atoms with Crippen LogP contribution in [0.15, 0.2) is 0 Å². The van der Waals surface area contributed by atoms with Crippen molar-refractivity contribution in [1.82, 2.24) is 0 Å². The zero-order chi connectivity index (χ0) is 10.9. The van der Waals surface area contributed by atoms with Crippen molar-refractivity contribution in [2.75, 3.05) is 0 Å². The number of aliphatic hydroxyl groups is 1. The predicted octanol–water partition coefficient (Wildman–Crippen LogP) is 2.69. The third kappa shape index (κ3) is 2.10. The van der Waals surface area contributed by atoms with E-state index < -0.39 is 5.60 Å². The minimum absolute atomic E-state index is 0.150. The van der Waals surface area contributed by atoms with Gasteiger partial charge in [-0.05, 0) is 38.0 Å². The minimum Gasteiger partial charge on any atom is -0.382 e. The Kier molecular flexibility index (Phi) is 3.15. The van der Waals surface area contributed by atoms with Crippen molar-refractivity contribution in [2.24, 2.45) is 11.8 Å². The Labute approximate surface area is 92.1 Å². The highest BCUT2D eigenvalue weighted by Crippen LogP contribution is 2.42. The molecule has 0 aromatic carbocycles. The lowest BCUT2D eigenvalue weighted by molar-refractivity contribution is -0.147. The zero-order valence-corrected chi connectivity index (χ0v) is 9.67. The highest BCUT2D eigenvalue weighted by molar-refractivity contribution is 5.91. The fourth-order valence-electron chi connectivity index (χ4n) is 2.94. The van der Waals surface area contributed by atoms with Gasteiger partial charge in [-0.3, -0.25) is 4.79 Å². The molecule has 2 rings (SSSR count). The average molecular weight is 210 g/mol. The molecule has 1 atom stereocenters. The van der Waals surface area contributed by atoms with Gasteiger partial charge in [0, 0.05) is 5.92 Å². The second-order valence-electron chi connectivity index (χ2n) is 5.25. The van der Waals surface area contributed by atoms with Crippen LogP contribution in [0.3, 0.4) is 0 Å². The van der Waals surface area contributed by atoms with Crippen LogP contribution in [0, 0.1) is 11.8 Å². The molecule has 2 aliphatic rings. The molecule has 0 spiro atoms. The van der Waals surface area contributed by atoms with Crippen molar-refractivity contribution >= 4 is 5.78 Å². The van der Waals surface area contributed by atoms with Crippen LogP contribution < -0.4 is 0 Å². The Hall–Kier alpha value is -0.370. The molecule has 0 bridgehead atoms. The molecule has 2 saturated carbocycles. The van der Waals surface area contributed by atoms with E-state index in [9.17, 15) is 9.90 Å². The molecule has 0 aromatic rings. The normalized spacial score (nSPS) is 27.3. The maximum atomic E-state index is 12.1. The average Bonchev–Trinajstić information content (AvgIpc) is 3.12. The fourth-order valence-corrected chi connectivity index (χ4v) is 2.94. The third-order valence-electron chi connectivity index (χ3n) is 4.19. The molecule has 0 aliphatic heterocycles. The molecule has 2 heteroatoms. The Bertz CT molecular complexity index is 239. The number of carbonyl (C=O) groups is 1. The summed E-state index contributed by atoms with van der Waals surface area (Å²) in [4.78, 5) is 12.1. The van der Waals surface area contributed by atoms with Crippen LogP contribution in [0.4, 0.5) is 0 Å². The van der Waals surface area contributed by atoms with Crippen LogP contribution in [0.1, 0.15) is 58.3 Å². The second-order valence-corrected chi connectivity index (χ2v) is 5.25. The Morgan fingerprint density at radius 3 is 2.27 bits per heavy atom. The summed E-state index contributed by atoms with van der Waals surface area (Å²) in [5, 5.41) is 10.6. The molecule has 0 saturated heterocycles. The molecule has 2 fully saturated rings. The predicted molar refractivity (Wildman–Crippen MR) is 59.5 cm³/mol. The number of carbonyl (C=O) groups excluding carboxylic acids is 1. The molecule has 2 aliphatic carbocycles. The van der Waals surface area contributed by atoms with Crippen molar-refractivity contribution in [3.8, 4) is 0 Å². The lowest BCUT2D eigenvalue weighted by Gasteiger charge is -2.36. The van der Waals surface area contributed by atoms with Crippen LogP contribution in [0.25, 0.3) is 0 Å². The van der Waals surface area contributed by atoms with E-state index in [1.54, 1.807) is 0 Å². The first-order valence-corrected chi connectivity index (χ1v) is 6.45. The molecule has 0 radical (unpaired) electrons. The highest BCUT2D eigenvalue weighted by atomic mass is 16.3. The van der Waals surface area contributed by atoms with Gasteiger partial charge in [-0.1, -0.05) is 26.2 Å². The lowest BCUT2D eigenvalue weighted by Crippen LogP contribution is -2.47. The number of hydrogen-bond donors (Lipinski definition) is 1. The molecule has 86 valence electrons. The highest BCUT2D eigenvalue weighted by Gasteiger charge is 2.47. The molecule has 0 amide bonds. The minimum atomic E-state index is -0.985. The summed E-state index contributed by atoms with van der Waals surface area (Å²) in [5.41, 5.74) is -0.985. The second kappa shape index (κ2) is 4.25. The standard InChI is InChI=1S/C13H22O2/c1-2-13(15,12(14)10-8-9-10)11-6-4-3-5-7-11/h10-11,15H,2-9H2,1H3. The third-order valence-corrected chi connectivity index (χ3v) is 4.19. The van der Waals surface area contributed by atoms with Crippen LogP contribution in [0.5, 0.6) is 0 Å². The molecule has 0 heterocycles. The van der Waals surface area contributed by atoms with Gasteiger partial charge in [0.05, 0.1) is 0 Å². The molecule has 2 nitrogen and oxygen atoms in total. The van der Waals surface area contributed by atoms with Gasteiger partial charge in [-0.25, -0.2) is 0 Å². The van der Waals surface area contributed by atoms with Crippen molar-refractivity contribution in [1.29, 1.82) is 0 Å². The topological polar surface area (TPSA) is 37.3 Å². The van der Waals surface area contributed by atoms with Gasteiger partial charge in [0.25, 0.3) is 0 Å². The summed E-state index contributed by atoms with van der Waals surface area (Å²) in [7, 11) is 0. The van der Waals surface area contributed by atoms with Crippen LogP contribution in [-0.2, 0) is 4.79 Å². The zero-order valence-electron chi connectivity index (χ0n) is 9.67. The molecule has 0 aromatic heterocycles.